The molecule has 25 heavy (non-hydrogen) atoms. The van der Waals surface area contributed by atoms with Gasteiger partial charge in [0.2, 0.25) is 0 Å². The molecule has 0 saturated heterocycles. The first-order valence-corrected chi connectivity index (χ1v) is 9.69. The fourth-order valence-electron chi connectivity index (χ4n) is 3.45. The molecule has 0 aliphatic heterocycles. The third-order valence-corrected chi connectivity index (χ3v) is 4.98. The van der Waals surface area contributed by atoms with Gasteiger partial charge in [0.1, 0.15) is 0 Å². The molecule has 0 aromatic heterocycles. The number of hydrogen-bond donors (Lipinski definition) is 5. The normalized spacial score (nSPS) is 28.6. The summed E-state index contributed by atoms with van der Waals surface area (Å²) in [5, 5.41) is 48.0. The van der Waals surface area contributed by atoms with Gasteiger partial charge in [0.25, 0.3) is 0 Å². The second-order valence-corrected chi connectivity index (χ2v) is 7.18. The molecule has 0 radical (unpaired) electrons. The molecule has 0 amide bonds. The summed E-state index contributed by atoms with van der Waals surface area (Å²) in [5.74, 6) is -0.187. The van der Waals surface area contributed by atoms with Crippen molar-refractivity contribution < 1.29 is 25.5 Å². The van der Waals surface area contributed by atoms with Gasteiger partial charge in [0.15, 0.2) is 6.29 Å². The number of aliphatic hydroxyl groups excluding tert-OH is 4. The van der Waals surface area contributed by atoms with E-state index in [4.69, 9.17) is 10.2 Å². The van der Waals surface area contributed by atoms with E-state index in [2.05, 4.69) is 6.92 Å². The third kappa shape index (κ3) is 8.97. The van der Waals surface area contributed by atoms with Gasteiger partial charge < -0.3 is 25.5 Å². The molecule has 146 valence electrons. The van der Waals surface area contributed by atoms with E-state index >= 15 is 0 Å². The SMILES string of the molecule is CCCCC[C@H](O)/C=C/C1[C@H](O)C[C@H](O)[C@@H]1C/C=C\CCCC(O)O. The van der Waals surface area contributed by atoms with Gasteiger partial charge in [-0.3, -0.25) is 0 Å². The first-order chi connectivity index (χ1) is 12.0. The first kappa shape index (κ1) is 22.3. The van der Waals surface area contributed by atoms with E-state index in [1.165, 1.54) is 0 Å². The summed E-state index contributed by atoms with van der Waals surface area (Å²) in [4.78, 5) is 0. The van der Waals surface area contributed by atoms with E-state index in [1.54, 1.807) is 6.08 Å². The van der Waals surface area contributed by atoms with Crippen LogP contribution in [0.1, 0.15) is 64.7 Å². The van der Waals surface area contributed by atoms with Crippen LogP contribution < -0.4 is 0 Å². The van der Waals surface area contributed by atoms with Gasteiger partial charge >= 0.3 is 0 Å². The molecule has 1 rings (SSSR count). The van der Waals surface area contributed by atoms with E-state index in [-0.39, 0.29) is 11.8 Å². The maximum absolute atomic E-state index is 10.2. The third-order valence-electron chi connectivity index (χ3n) is 4.98. The molecule has 0 aromatic rings. The van der Waals surface area contributed by atoms with Gasteiger partial charge in [-0.05, 0) is 38.0 Å². The largest absolute Gasteiger partial charge is 0.393 e. The Hall–Kier alpha value is -0.720. The molecule has 1 unspecified atom stereocenters. The van der Waals surface area contributed by atoms with Crippen molar-refractivity contribution in [1.82, 2.24) is 0 Å². The van der Waals surface area contributed by atoms with Crippen LogP contribution in [0.4, 0.5) is 0 Å². The van der Waals surface area contributed by atoms with Crippen molar-refractivity contribution in [3.8, 4) is 0 Å². The van der Waals surface area contributed by atoms with Crippen molar-refractivity contribution in [3.05, 3.63) is 24.3 Å². The minimum Gasteiger partial charge on any atom is -0.393 e. The van der Waals surface area contributed by atoms with Gasteiger partial charge in [-0.2, -0.15) is 0 Å². The summed E-state index contributed by atoms with van der Waals surface area (Å²) in [6.07, 6.45) is 11.6. The first-order valence-electron chi connectivity index (χ1n) is 9.69. The molecular weight excluding hydrogens is 320 g/mol. The average molecular weight is 357 g/mol. The Bertz CT molecular complexity index is 394. The minimum absolute atomic E-state index is 0.0474. The summed E-state index contributed by atoms with van der Waals surface area (Å²) in [5.41, 5.74) is 0. The van der Waals surface area contributed by atoms with Crippen molar-refractivity contribution in [2.45, 2.75) is 89.3 Å². The lowest BCUT2D eigenvalue weighted by molar-refractivity contribution is -0.0460. The van der Waals surface area contributed by atoms with Crippen LogP contribution in [0, 0.1) is 11.8 Å². The molecule has 0 aromatic carbocycles. The van der Waals surface area contributed by atoms with Crippen molar-refractivity contribution in [1.29, 1.82) is 0 Å². The molecule has 5 nitrogen and oxygen atoms in total. The molecule has 5 N–H and O–H groups in total. The van der Waals surface area contributed by atoms with Crippen LogP contribution >= 0.6 is 0 Å². The molecule has 1 aliphatic carbocycles. The summed E-state index contributed by atoms with van der Waals surface area (Å²) >= 11 is 0. The van der Waals surface area contributed by atoms with Crippen molar-refractivity contribution >= 4 is 0 Å². The van der Waals surface area contributed by atoms with Gasteiger partial charge in [-0.1, -0.05) is 50.5 Å². The highest BCUT2D eigenvalue weighted by Crippen LogP contribution is 2.36. The summed E-state index contributed by atoms with van der Waals surface area (Å²) in [6.45, 7) is 2.13. The van der Waals surface area contributed by atoms with E-state index in [0.29, 0.717) is 25.7 Å². The smallest absolute Gasteiger partial charge is 0.151 e. The van der Waals surface area contributed by atoms with Gasteiger partial charge in [0.05, 0.1) is 18.3 Å². The Kier molecular flexibility index (Phi) is 11.3. The van der Waals surface area contributed by atoms with Crippen LogP contribution in [0.25, 0.3) is 0 Å². The zero-order valence-corrected chi connectivity index (χ0v) is 15.4. The lowest BCUT2D eigenvalue weighted by Crippen LogP contribution is -2.20. The van der Waals surface area contributed by atoms with Crippen LogP contribution in [0.5, 0.6) is 0 Å². The average Bonchev–Trinajstić information content (AvgIpc) is 2.82. The highest BCUT2D eigenvalue weighted by Gasteiger charge is 2.39. The van der Waals surface area contributed by atoms with Gasteiger partial charge in [-0.15, -0.1) is 0 Å². The molecule has 1 fully saturated rings. The van der Waals surface area contributed by atoms with E-state index in [0.717, 1.165) is 32.1 Å². The van der Waals surface area contributed by atoms with Crippen LogP contribution in [-0.4, -0.2) is 50.1 Å². The molecular formula is C20H36O5. The molecule has 1 saturated carbocycles. The Morgan fingerprint density at radius 3 is 2.40 bits per heavy atom. The van der Waals surface area contributed by atoms with Crippen LogP contribution in [0.3, 0.4) is 0 Å². The second-order valence-electron chi connectivity index (χ2n) is 7.18. The maximum Gasteiger partial charge on any atom is 0.151 e. The van der Waals surface area contributed by atoms with Crippen LogP contribution in [0.15, 0.2) is 24.3 Å². The number of unbranched alkanes of at least 4 members (excludes halogenated alkanes) is 3. The minimum atomic E-state index is -1.25. The van der Waals surface area contributed by atoms with Gasteiger partial charge in [0, 0.05) is 12.3 Å². The quantitative estimate of drug-likeness (QED) is 0.210. The molecule has 1 aliphatic rings. The Balaban J connectivity index is 2.45. The zero-order chi connectivity index (χ0) is 18.7. The number of aliphatic hydroxyl groups is 5. The van der Waals surface area contributed by atoms with Gasteiger partial charge in [-0.25, -0.2) is 0 Å². The predicted molar refractivity (Wildman–Crippen MR) is 98.7 cm³/mol. The van der Waals surface area contributed by atoms with Crippen LogP contribution in [-0.2, 0) is 0 Å². The van der Waals surface area contributed by atoms with Crippen molar-refractivity contribution in [2.24, 2.45) is 11.8 Å². The second kappa shape index (κ2) is 12.6. The van der Waals surface area contributed by atoms with E-state index in [1.807, 2.05) is 18.2 Å². The highest BCUT2D eigenvalue weighted by atomic mass is 16.5. The fourth-order valence-corrected chi connectivity index (χ4v) is 3.45. The van der Waals surface area contributed by atoms with E-state index in [9.17, 15) is 15.3 Å². The summed E-state index contributed by atoms with van der Waals surface area (Å²) in [6, 6.07) is 0. The molecule has 0 bridgehead atoms. The Labute approximate surface area is 151 Å². The van der Waals surface area contributed by atoms with Crippen molar-refractivity contribution in [3.63, 3.8) is 0 Å². The monoisotopic (exact) mass is 356 g/mol. The lowest BCUT2D eigenvalue weighted by atomic mass is 9.89. The molecule has 0 spiro atoms. The Morgan fingerprint density at radius 2 is 1.72 bits per heavy atom. The molecule has 0 heterocycles. The predicted octanol–water partition coefficient (Wildman–Crippen LogP) is 2.27. The summed E-state index contributed by atoms with van der Waals surface area (Å²) in [7, 11) is 0. The van der Waals surface area contributed by atoms with E-state index < -0.39 is 24.6 Å². The number of allylic oxidation sites excluding steroid dienone is 2. The van der Waals surface area contributed by atoms with Crippen molar-refractivity contribution in [2.75, 3.05) is 0 Å². The zero-order valence-electron chi connectivity index (χ0n) is 15.4. The molecule has 5 atom stereocenters. The maximum atomic E-state index is 10.2. The highest BCUT2D eigenvalue weighted by molar-refractivity contribution is 5.06. The standard InChI is InChI=1S/C20H36O5/c1-2-3-6-9-15(21)12-13-17-16(18(22)14-19(17)23)10-7-4-5-8-11-20(24)25/h4,7,12-13,15-25H,2-3,5-6,8-11,14H2,1H3/b7-4-,13-12+/t15-,16+,17?,18-,19+/m0/s1. The fraction of sp³-hybridized carbons (Fsp3) is 0.800. The Morgan fingerprint density at radius 1 is 0.960 bits per heavy atom. The number of hydrogen-bond acceptors (Lipinski definition) is 5. The summed E-state index contributed by atoms with van der Waals surface area (Å²) < 4.78 is 0. The van der Waals surface area contributed by atoms with Crippen LogP contribution in [0.2, 0.25) is 0 Å². The lowest BCUT2D eigenvalue weighted by Gasteiger charge is -2.19. The number of rotatable bonds is 12. The topological polar surface area (TPSA) is 101 Å². The molecule has 5 heteroatoms.